The normalized spacial score (nSPS) is 16.3. The van der Waals surface area contributed by atoms with Crippen molar-refractivity contribution in [2.75, 3.05) is 33.7 Å². The van der Waals surface area contributed by atoms with Gasteiger partial charge in [-0.05, 0) is 50.9 Å². The summed E-state index contributed by atoms with van der Waals surface area (Å²) in [5, 5.41) is 8.05. The van der Waals surface area contributed by atoms with E-state index in [-0.39, 0.29) is 0 Å². The van der Waals surface area contributed by atoms with Gasteiger partial charge in [-0.1, -0.05) is 18.2 Å². The fourth-order valence-corrected chi connectivity index (χ4v) is 4.71. The van der Waals surface area contributed by atoms with Gasteiger partial charge in [0.2, 0.25) is 0 Å². The predicted octanol–water partition coefficient (Wildman–Crippen LogP) is 4.12. The summed E-state index contributed by atoms with van der Waals surface area (Å²) in [7, 11) is 3.90. The summed E-state index contributed by atoms with van der Waals surface area (Å²) in [4.78, 5) is 13.7. The molecule has 1 aromatic carbocycles. The van der Waals surface area contributed by atoms with Gasteiger partial charge in [0.25, 0.3) is 0 Å². The summed E-state index contributed by atoms with van der Waals surface area (Å²) in [6.45, 7) is 6.98. The van der Waals surface area contributed by atoms with Crippen LogP contribution in [0.15, 0.2) is 45.1 Å². The third-order valence-corrected chi connectivity index (χ3v) is 6.57. The van der Waals surface area contributed by atoms with Crippen LogP contribution < -0.4 is 5.32 Å². The average molecular weight is 426 g/mol. The van der Waals surface area contributed by atoms with Gasteiger partial charge in [-0.3, -0.25) is 9.89 Å². The molecule has 0 unspecified atom stereocenters. The van der Waals surface area contributed by atoms with Crippen molar-refractivity contribution in [3.8, 4) is 0 Å². The van der Waals surface area contributed by atoms with Crippen molar-refractivity contribution in [1.29, 1.82) is 0 Å². The maximum absolute atomic E-state index is 5.96. The van der Waals surface area contributed by atoms with Crippen LogP contribution in [0.4, 0.5) is 0 Å². The number of piperidine rings is 1. The summed E-state index contributed by atoms with van der Waals surface area (Å²) >= 11 is 1.74. The summed E-state index contributed by atoms with van der Waals surface area (Å²) in [6.07, 6.45) is 2.42. The lowest BCUT2D eigenvalue weighted by molar-refractivity contribution is 0.176. The molecule has 160 valence electrons. The van der Waals surface area contributed by atoms with E-state index in [9.17, 15) is 0 Å². The molecule has 1 aliphatic heterocycles. The van der Waals surface area contributed by atoms with Crippen LogP contribution in [-0.4, -0.2) is 54.5 Å². The molecule has 6 nitrogen and oxygen atoms in total. The van der Waals surface area contributed by atoms with Crippen molar-refractivity contribution in [3.63, 3.8) is 0 Å². The number of aromatic nitrogens is 1. The minimum absolute atomic E-state index is 0.676. The lowest BCUT2D eigenvalue weighted by atomic mass is 9.97. The van der Waals surface area contributed by atoms with Crippen molar-refractivity contribution in [2.45, 2.75) is 32.9 Å². The molecular formula is C23H31N5OS. The Morgan fingerprint density at radius 3 is 2.83 bits per heavy atom. The number of hydrogen-bond donors (Lipinski definition) is 1. The van der Waals surface area contributed by atoms with Crippen LogP contribution in [0.25, 0.3) is 11.0 Å². The average Bonchev–Trinajstić information content (AvgIpc) is 3.34. The smallest absolute Gasteiger partial charge is 0.193 e. The highest BCUT2D eigenvalue weighted by molar-refractivity contribution is 7.09. The number of aliphatic imine (C=N–C) groups is 1. The number of likely N-dealkylation sites (tertiary alicyclic amines) is 1. The molecule has 0 radical (unpaired) electrons. The van der Waals surface area contributed by atoms with E-state index in [2.05, 4.69) is 56.6 Å². The van der Waals surface area contributed by atoms with Gasteiger partial charge >= 0.3 is 0 Å². The number of nitrogens with one attached hydrogen (secondary N) is 1. The highest BCUT2D eigenvalue weighted by atomic mass is 32.1. The Kier molecular flexibility index (Phi) is 6.69. The number of rotatable bonds is 6. The van der Waals surface area contributed by atoms with E-state index in [1.807, 2.05) is 25.2 Å². The van der Waals surface area contributed by atoms with E-state index in [1.165, 1.54) is 18.5 Å². The van der Waals surface area contributed by atoms with Crippen molar-refractivity contribution < 1.29 is 4.42 Å². The third kappa shape index (κ3) is 5.21. The van der Waals surface area contributed by atoms with Crippen LogP contribution >= 0.6 is 11.3 Å². The largest absolute Gasteiger partial charge is 0.459 e. The zero-order valence-corrected chi connectivity index (χ0v) is 18.9. The Balaban J connectivity index is 1.23. The Hall–Kier alpha value is -2.38. The number of aryl methyl sites for hydroxylation is 1. The van der Waals surface area contributed by atoms with E-state index in [4.69, 9.17) is 4.42 Å². The number of furan rings is 1. The summed E-state index contributed by atoms with van der Waals surface area (Å²) in [5.74, 6) is 2.54. The monoisotopic (exact) mass is 425 g/mol. The number of guanidine groups is 1. The second-order valence-electron chi connectivity index (χ2n) is 8.11. The molecule has 7 heteroatoms. The second-order valence-corrected chi connectivity index (χ2v) is 9.17. The van der Waals surface area contributed by atoms with E-state index in [0.29, 0.717) is 12.5 Å². The molecule has 0 atom stereocenters. The van der Waals surface area contributed by atoms with Crippen molar-refractivity contribution >= 4 is 28.3 Å². The van der Waals surface area contributed by atoms with Gasteiger partial charge in [0, 0.05) is 38.0 Å². The van der Waals surface area contributed by atoms with Gasteiger partial charge in [0.1, 0.15) is 11.3 Å². The Bertz CT molecular complexity index is 953. The predicted molar refractivity (Wildman–Crippen MR) is 124 cm³/mol. The topological polar surface area (TPSA) is 56.9 Å². The number of hydrogen-bond acceptors (Lipinski definition) is 5. The first-order valence-corrected chi connectivity index (χ1v) is 11.5. The summed E-state index contributed by atoms with van der Waals surface area (Å²) in [5.41, 5.74) is 2.14. The van der Waals surface area contributed by atoms with Gasteiger partial charge in [-0.25, -0.2) is 4.98 Å². The maximum Gasteiger partial charge on any atom is 0.193 e. The van der Waals surface area contributed by atoms with E-state index in [0.717, 1.165) is 53.9 Å². The molecule has 3 heterocycles. The molecule has 0 spiro atoms. The number of fused-ring (bicyclic) bond motifs is 1. The van der Waals surface area contributed by atoms with E-state index in [1.54, 1.807) is 11.3 Å². The van der Waals surface area contributed by atoms with Gasteiger partial charge < -0.3 is 14.6 Å². The quantitative estimate of drug-likeness (QED) is 0.476. The molecule has 4 rings (SSSR count). The van der Waals surface area contributed by atoms with Crippen molar-refractivity contribution in [2.24, 2.45) is 10.9 Å². The molecule has 1 aliphatic rings. The summed E-state index contributed by atoms with van der Waals surface area (Å²) < 4.78 is 5.96. The fourth-order valence-electron chi connectivity index (χ4n) is 4.10. The van der Waals surface area contributed by atoms with Crippen molar-refractivity contribution in [3.05, 3.63) is 52.2 Å². The zero-order valence-electron chi connectivity index (χ0n) is 18.1. The van der Waals surface area contributed by atoms with E-state index >= 15 is 0 Å². The minimum Gasteiger partial charge on any atom is -0.459 e. The third-order valence-electron chi connectivity index (χ3n) is 5.75. The van der Waals surface area contributed by atoms with Gasteiger partial charge in [-0.2, -0.15) is 0 Å². The molecule has 1 fully saturated rings. The number of nitrogens with zero attached hydrogens (tertiary/aromatic N) is 4. The molecule has 30 heavy (non-hydrogen) atoms. The van der Waals surface area contributed by atoms with Gasteiger partial charge in [0.05, 0.1) is 17.2 Å². The van der Waals surface area contributed by atoms with Crippen LogP contribution in [0.3, 0.4) is 0 Å². The molecule has 0 aliphatic carbocycles. The zero-order chi connectivity index (χ0) is 20.9. The number of benzene rings is 1. The standard InChI is InChI=1S/C23H31N5OS/c1-17-26-20(16-30-17)14-28-10-8-18(9-11-28)13-25-23(24-2)27(3)15-21-12-19-6-4-5-7-22(19)29-21/h4-7,12,16,18H,8-11,13-15H2,1-3H3,(H,24,25). The molecule has 1 N–H and O–H groups in total. The molecule has 0 bridgehead atoms. The van der Waals surface area contributed by atoms with Crippen LogP contribution in [-0.2, 0) is 13.1 Å². The van der Waals surface area contributed by atoms with Crippen LogP contribution in [0.1, 0.15) is 29.3 Å². The molecule has 1 saturated heterocycles. The lowest BCUT2D eigenvalue weighted by Gasteiger charge is -2.32. The fraction of sp³-hybridized carbons (Fsp3) is 0.478. The Morgan fingerprint density at radius 2 is 2.13 bits per heavy atom. The highest BCUT2D eigenvalue weighted by Gasteiger charge is 2.20. The summed E-state index contributed by atoms with van der Waals surface area (Å²) in [6, 6.07) is 10.2. The van der Waals surface area contributed by atoms with Crippen LogP contribution in [0.5, 0.6) is 0 Å². The first-order valence-electron chi connectivity index (χ1n) is 10.6. The highest BCUT2D eigenvalue weighted by Crippen LogP contribution is 2.21. The van der Waals surface area contributed by atoms with E-state index < -0.39 is 0 Å². The molecular weight excluding hydrogens is 394 g/mol. The molecule has 0 saturated carbocycles. The number of thiazole rings is 1. The molecule has 2 aromatic heterocycles. The first kappa shape index (κ1) is 20.9. The van der Waals surface area contributed by atoms with Crippen molar-refractivity contribution in [1.82, 2.24) is 20.1 Å². The van der Waals surface area contributed by atoms with Crippen LogP contribution in [0.2, 0.25) is 0 Å². The number of para-hydroxylation sites is 1. The Labute approximate surface area is 182 Å². The van der Waals surface area contributed by atoms with Crippen LogP contribution in [0, 0.1) is 12.8 Å². The molecule has 0 amide bonds. The lowest BCUT2D eigenvalue weighted by Crippen LogP contribution is -2.43. The maximum atomic E-state index is 5.96. The first-order chi connectivity index (χ1) is 14.6. The SMILES string of the molecule is CN=C(NCC1CCN(Cc2csc(C)n2)CC1)N(C)Cc1cc2ccccc2o1. The Morgan fingerprint density at radius 1 is 1.33 bits per heavy atom. The van der Waals surface area contributed by atoms with Gasteiger partial charge in [0.15, 0.2) is 5.96 Å². The second kappa shape index (κ2) is 9.62. The van der Waals surface area contributed by atoms with Gasteiger partial charge in [-0.15, -0.1) is 11.3 Å². The minimum atomic E-state index is 0.676. The molecule has 3 aromatic rings.